The van der Waals surface area contributed by atoms with Crippen LogP contribution < -0.4 is 15.4 Å². The van der Waals surface area contributed by atoms with Gasteiger partial charge in [0.25, 0.3) is 5.91 Å². The van der Waals surface area contributed by atoms with E-state index in [2.05, 4.69) is 10.6 Å². The lowest BCUT2D eigenvalue weighted by atomic mass is 10.2. The van der Waals surface area contributed by atoms with Crippen LogP contribution in [-0.2, 0) is 21.4 Å². The maximum Gasteiger partial charge on any atom is 0.322 e. The number of hydrogen-bond acceptors (Lipinski definition) is 5. The Morgan fingerprint density at radius 1 is 0.879 bits per heavy atom. The number of nitrogens with one attached hydrogen (secondary N) is 2. The number of ether oxygens (including phenoxy) is 1. The second-order valence-corrected chi connectivity index (χ2v) is 9.62. The van der Waals surface area contributed by atoms with Gasteiger partial charge >= 0.3 is 6.03 Å². The maximum absolute atomic E-state index is 13.5. The molecule has 33 heavy (non-hydrogen) atoms. The summed E-state index contributed by atoms with van der Waals surface area (Å²) in [6.07, 6.45) is 0. The van der Waals surface area contributed by atoms with Crippen molar-refractivity contribution in [3.05, 3.63) is 90.0 Å². The zero-order valence-corrected chi connectivity index (χ0v) is 18.7. The molecule has 4 rings (SSSR count). The van der Waals surface area contributed by atoms with Crippen LogP contribution in [0, 0.1) is 6.92 Å². The average molecular weight is 466 g/mol. The van der Waals surface area contributed by atoms with Gasteiger partial charge in [-0.15, -0.1) is 0 Å². The molecule has 9 heteroatoms. The summed E-state index contributed by atoms with van der Waals surface area (Å²) in [5, 5.41) is 4.59. The number of imide groups is 1. The van der Waals surface area contributed by atoms with E-state index in [9.17, 15) is 18.0 Å². The van der Waals surface area contributed by atoms with Crippen LogP contribution in [0.15, 0.2) is 83.8 Å². The number of hydrogen-bond donors (Lipinski definition) is 2. The van der Waals surface area contributed by atoms with E-state index < -0.39 is 28.0 Å². The molecule has 0 aromatic heterocycles. The summed E-state index contributed by atoms with van der Waals surface area (Å²) in [5.41, 5.74) is 1.86. The minimum atomic E-state index is -3.98. The molecule has 1 aliphatic rings. The zero-order chi connectivity index (χ0) is 23.4. The van der Waals surface area contributed by atoms with E-state index in [4.69, 9.17) is 4.74 Å². The molecular formula is C24H23N3O5S. The third-order valence-corrected chi connectivity index (χ3v) is 6.99. The molecule has 1 atom stereocenters. The Hall–Kier alpha value is -3.69. The summed E-state index contributed by atoms with van der Waals surface area (Å²) in [5.74, 6) is 0.579. The smallest absolute Gasteiger partial charge is 0.322 e. The largest absolute Gasteiger partial charge is 0.457 e. The molecule has 1 heterocycles. The highest BCUT2D eigenvalue weighted by molar-refractivity contribution is 7.89. The fourth-order valence-electron chi connectivity index (χ4n) is 3.40. The van der Waals surface area contributed by atoms with Gasteiger partial charge in [0.05, 0.1) is 4.90 Å². The predicted molar refractivity (Wildman–Crippen MR) is 122 cm³/mol. The molecule has 0 unspecified atom stereocenters. The number of rotatable bonds is 8. The van der Waals surface area contributed by atoms with E-state index in [1.165, 1.54) is 16.4 Å². The molecular weight excluding hydrogens is 442 g/mol. The van der Waals surface area contributed by atoms with Crippen LogP contribution in [0.5, 0.6) is 11.5 Å². The van der Waals surface area contributed by atoms with Crippen LogP contribution in [0.2, 0.25) is 0 Å². The zero-order valence-electron chi connectivity index (χ0n) is 17.9. The van der Waals surface area contributed by atoms with Crippen LogP contribution in [0.25, 0.3) is 0 Å². The van der Waals surface area contributed by atoms with Crippen LogP contribution in [0.4, 0.5) is 4.79 Å². The standard InChI is InChI=1S/C24H23N3O5S/c1-17-7-9-19(10-8-17)32-20-11-13-21(14-12-20)33(30,31)27(15-18-5-3-2-4-6-18)16-22-23(28)26-24(29)25-22/h2-14,22H,15-16H2,1H3,(H2,25,26,28,29)/t22-/m0/s1. The van der Waals surface area contributed by atoms with Crippen molar-refractivity contribution >= 4 is 22.0 Å². The number of benzene rings is 3. The van der Waals surface area contributed by atoms with Gasteiger partial charge < -0.3 is 10.1 Å². The summed E-state index contributed by atoms with van der Waals surface area (Å²) in [6, 6.07) is 21.0. The molecule has 3 aromatic rings. The lowest BCUT2D eigenvalue weighted by Crippen LogP contribution is -2.44. The van der Waals surface area contributed by atoms with E-state index in [0.29, 0.717) is 11.5 Å². The van der Waals surface area contributed by atoms with Gasteiger partial charge in [0.2, 0.25) is 10.0 Å². The predicted octanol–water partition coefficient (Wildman–Crippen LogP) is 3.19. The van der Waals surface area contributed by atoms with E-state index in [-0.39, 0.29) is 18.0 Å². The van der Waals surface area contributed by atoms with Crippen LogP contribution in [0.1, 0.15) is 11.1 Å². The maximum atomic E-state index is 13.5. The van der Waals surface area contributed by atoms with Crippen molar-refractivity contribution in [3.8, 4) is 11.5 Å². The van der Waals surface area contributed by atoms with E-state index >= 15 is 0 Å². The molecule has 8 nitrogen and oxygen atoms in total. The molecule has 170 valence electrons. The van der Waals surface area contributed by atoms with Gasteiger partial charge in [0, 0.05) is 13.1 Å². The average Bonchev–Trinajstić information content (AvgIpc) is 3.12. The fourth-order valence-corrected chi connectivity index (χ4v) is 4.84. The minimum Gasteiger partial charge on any atom is -0.457 e. The van der Waals surface area contributed by atoms with Crippen molar-refractivity contribution in [2.24, 2.45) is 0 Å². The molecule has 3 aromatic carbocycles. The van der Waals surface area contributed by atoms with Crippen LogP contribution >= 0.6 is 0 Å². The van der Waals surface area contributed by atoms with E-state index in [1.54, 1.807) is 36.4 Å². The lowest BCUT2D eigenvalue weighted by molar-refractivity contribution is -0.120. The van der Waals surface area contributed by atoms with Crippen molar-refractivity contribution in [1.29, 1.82) is 0 Å². The van der Waals surface area contributed by atoms with Gasteiger partial charge in [0.15, 0.2) is 0 Å². The van der Waals surface area contributed by atoms with Gasteiger partial charge in [0.1, 0.15) is 17.5 Å². The number of carbonyl (C=O) groups is 2. The third-order valence-electron chi connectivity index (χ3n) is 5.16. The second-order valence-electron chi connectivity index (χ2n) is 7.68. The fraction of sp³-hybridized carbons (Fsp3) is 0.167. The topological polar surface area (TPSA) is 105 Å². The van der Waals surface area contributed by atoms with E-state index in [1.807, 2.05) is 37.3 Å². The summed E-state index contributed by atoms with van der Waals surface area (Å²) < 4.78 is 33.9. The number of amides is 3. The molecule has 0 spiro atoms. The Kier molecular flexibility index (Phi) is 6.43. The van der Waals surface area contributed by atoms with Crippen molar-refractivity contribution in [2.75, 3.05) is 6.54 Å². The molecule has 0 radical (unpaired) electrons. The quantitative estimate of drug-likeness (QED) is 0.497. The second kappa shape index (κ2) is 9.43. The Labute approximate surface area is 192 Å². The Bertz CT molecular complexity index is 1240. The van der Waals surface area contributed by atoms with Crippen molar-refractivity contribution < 1.29 is 22.7 Å². The van der Waals surface area contributed by atoms with Crippen LogP contribution in [0.3, 0.4) is 0 Å². The molecule has 1 fully saturated rings. The Morgan fingerprint density at radius 2 is 1.48 bits per heavy atom. The highest BCUT2D eigenvalue weighted by Gasteiger charge is 2.35. The first-order valence-electron chi connectivity index (χ1n) is 10.3. The number of urea groups is 1. The molecule has 0 aliphatic carbocycles. The lowest BCUT2D eigenvalue weighted by Gasteiger charge is -2.24. The summed E-state index contributed by atoms with van der Waals surface area (Å²) >= 11 is 0. The highest BCUT2D eigenvalue weighted by Crippen LogP contribution is 2.25. The van der Waals surface area contributed by atoms with Gasteiger partial charge in [-0.2, -0.15) is 4.31 Å². The summed E-state index contributed by atoms with van der Waals surface area (Å²) in [4.78, 5) is 23.6. The Balaban J connectivity index is 1.57. The molecule has 1 aliphatic heterocycles. The number of nitrogens with zero attached hydrogens (tertiary/aromatic N) is 1. The molecule has 0 bridgehead atoms. The monoisotopic (exact) mass is 465 g/mol. The highest BCUT2D eigenvalue weighted by atomic mass is 32.2. The van der Waals surface area contributed by atoms with Crippen molar-refractivity contribution in [3.63, 3.8) is 0 Å². The molecule has 3 amide bonds. The normalized spacial score (nSPS) is 15.9. The first-order valence-corrected chi connectivity index (χ1v) is 11.8. The minimum absolute atomic E-state index is 0.0461. The van der Waals surface area contributed by atoms with Crippen LogP contribution in [-0.4, -0.2) is 37.2 Å². The number of carbonyl (C=O) groups excluding carboxylic acids is 2. The van der Waals surface area contributed by atoms with Crippen molar-refractivity contribution in [1.82, 2.24) is 14.9 Å². The SMILES string of the molecule is Cc1ccc(Oc2ccc(S(=O)(=O)N(Cc3ccccc3)C[C@@H]3NC(=O)NC3=O)cc2)cc1. The number of aryl methyl sites for hydroxylation is 1. The number of sulfonamides is 1. The van der Waals surface area contributed by atoms with Gasteiger partial charge in [-0.05, 0) is 48.9 Å². The Morgan fingerprint density at radius 3 is 2.06 bits per heavy atom. The van der Waals surface area contributed by atoms with Gasteiger partial charge in [-0.25, -0.2) is 13.2 Å². The summed E-state index contributed by atoms with van der Waals surface area (Å²) in [7, 11) is -3.98. The first kappa shape index (κ1) is 22.5. The third kappa shape index (κ3) is 5.39. The molecule has 2 N–H and O–H groups in total. The molecule has 1 saturated heterocycles. The van der Waals surface area contributed by atoms with Crippen molar-refractivity contribution in [2.45, 2.75) is 24.4 Å². The summed E-state index contributed by atoms with van der Waals surface area (Å²) in [6.45, 7) is 1.83. The van der Waals surface area contributed by atoms with E-state index in [0.717, 1.165) is 11.1 Å². The first-order chi connectivity index (χ1) is 15.8. The van der Waals surface area contributed by atoms with Gasteiger partial charge in [-0.3, -0.25) is 10.1 Å². The van der Waals surface area contributed by atoms with Gasteiger partial charge in [-0.1, -0.05) is 48.0 Å². The molecule has 0 saturated carbocycles.